The Morgan fingerprint density at radius 2 is 2.40 bits per heavy atom. The summed E-state index contributed by atoms with van der Waals surface area (Å²) in [5, 5.41) is 7.98. The van der Waals surface area contributed by atoms with Crippen LogP contribution in [0.4, 0.5) is 0 Å². The smallest absolute Gasteiger partial charge is 0.129 e. The molecule has 0 spiro atoms. The van der Waals surface area contributed by atoms with Crippen molar-refractivity contribution in [3.8, 4) is 0 Å². The summed E-state index contributed by atoms with van der Waals surface area (Å²) in [5.74, 6) is 0. The Labute approximate surface area is 60.7 Å². The predicted molar refractivity (Wildman–Crippen MR) is 39.4 cm³/mol. The van der Waals surface area contributed by atoms with E-state index in [9.17, 15) is 0 Å². The van der Waals surface area contributed by atoms with Gasteiger partial charge >= 0.3 is 0 Å². The zero-order chi connectivity index (χ0) is 7.23. The van der Waals surface area contributed by atoms with Crippen LogP contribution in [-0.2, 0) is 4.89 Å². The second-order valence-electron chi connectivity index (χ2n) is 2.43. The van der Waals surface area contributed by atoms with E-state index in [1.54, 1.807) is 6.08 Å². The molecule has 1 N–H and O–H groups in total. The maximum atomic E-state index is 7.98. The predicted octanol–water partition coefficient (Wildman–Crippen LogP) is 2.49. The molecule has 1 rings (SSSR count). The minimum atomic E-state index is 1.11. The van der Waals surface area contributed by atoms with Gasteiger partial charge in [-0.05, 0) is 37.3 Å². The van der Waals surface area contributed by atoms with E-state index in [2.05, 4.69) is 11.0 Å². The lowest BCUT2D eigenvalue weighted by Crippen LogP contribution is -1.88. The molecule has 0 saturated carbocycles. The Morgan fingerprint density at radius 1 is 1.50 bits per heavy atom. The van der Waals surface area contributed by atoms with Crippen molar-refractivity contribution in [1.29, 1.82) is 0 Å². The van der Waals surface area contributed by atoms with Gasteiger partial charge in [-0.25, -0.2) is 5.26 Å². The molecule has 0 aliphatic heterocycles. The molecule has 56 valence electrons. The van der Waals surface area contributed by atoms with E-state index >= 15 is 0 Å². The fourth-order valence-electron chi connectivity index (χ4n) is 1.13. The molecule has 2 heteroatoms. The first-order chi connectivity index (χ1) is 4.93. The van der Waals surface area contributed by atoms with E-state index in [0.29, 0.717) is 0 Å². The standard InChI is InChI=1S/C8H12O2/c9-10-7-6-8-4-2-1-3-5-8/h4,6-7,9H,1-3,5H2/b7-6+. The lowest BCUT2D eigenvalue weighted by atomic mass is 10.00. The van der Waals surface area contributed by atoms with Crippen molar-refractivity contribution in [2.75, 3.05) is 0 Å². The minimum absolute atomic E-state index is 1.11. The monoisotopic (exact) mass is 140 g/mol. The van der Waals surface area contributed by atoms with Crippen molar-refractivity contribution in [1.82, 2.24) is 0 Å². The molecule has 0 aromatic rings. The molecule has 0 unspecified atom stereocenters. The van der Waals surface area contributed by atoms with Crippen LogP contribution in [0.3, 0.4) is 0 Å². The molecule has 1 aliphatic rings. The maximum Gasteiger partial charge on any atom is 0.129 e. The molecule has 0 fully saturated rings. The lowest BCUT2D eigenvalue weighted by molar-refractivity contribution is -0.186. The van der Waals surface area contributed by atoms with E-state index in [-0.39, 0.29) is 0 Å². The highest BCUT2D eigenvalue weighted by Crippen LogP contribution is 2.17. The van der Waals surface area contributed by atoms with Crippen LogP contribution < -0.4 is 0 Å². The second-order valence-corrected chi connectivity index (χ2v) is 2.43. The van der Waals surface area contributed by atoms with E-state index in [1.165, 1.54) is 24.7 Å². The highest BCUT2D eigenvalue weighted by molar-refractivity contribution is 5.18. The van der Waals surface area contributed by atoms with Crippen LogP contribution in [0, 0.1) is 0 Å². The molecule has 1 aliphatic carbocycles. The maximum absolute atomic E-state index is 7.98. The third kappa shape index (κ3) is 2.23. The van der Waals surface area contributed by atoms with Crippen molar-refractivity contribution in [2.45, 2.75) is 25.7 Å². The van der Waals surface area contributed by atoms with Gasteiger partial charge in [0.05, 0.1) is 0 Å². The van der Waals surface area contributed by atoms with Crippen molar-refractivity contribution in [3.63, 3.8) is 0 Å². The Balaban J connectivity index is 2.38. The van der Waals surface area contributed by atoms with Gasteiger partial charge in [-0.1, -0.05) is 6.08 Å². The first-order valence-electron chi connectivity index (χ1n) is 3.59. The summed E-state index contributed by atoms with van der Waals surface area (Å²) in [5.41, 5.74) is 1.26. The molecule has 0 saturated heterocycles. The molecule has 0 aromatic carbocycles. The van der Waals surface area contributed by atoms with Crippen LogP contribution in [-0.4, -0.2) is 5.26 Å². The summed E-state index contributed by atoms with van der Waals surface area (Å²) in [7, 11) is 0. The zero-order valence-corrected chi connectivity index (χ0v) is 5.92. The third-order valence-corrected chi connectivity index (χ3v) is 1.67. The molecule has 0 amide bonds. The van der Waals surface area contributed by atoms with Crippen LogP contribution >= 0.6 is 0 Å². The molecular formula is C8H12O2. The highest BCUT2D eigenvalue weighted by Gasteiger charge is 1.98. The quantitative estimate of drug-likeness (QED) is 0.362. The van der Waals surface area contributed by atoms with E-state index in [4.69, 9.17) is 5.26 Å². The molecule has 0 radical (unpaired) electrons. The highest BCUT2D eigenvalue weighted by atomic mass is 17.1. The van der Waals surface area contributed by atoms with Gasteiger partial charge in [0, 0.05) is 0 Å². The molecule has 0 bridgehead atoms. The Kier molecular flexibility index (Phi) is 3.03. The molecule has 0 aromatic heterocycles. The van der Waals surface area contributed by atoms with Crippen LogP contribution in [0.5, 0.6) is 0 Å². The summed E-state index contributed by atoms with van der Waals surface area (Å²) in [6.07, 6.45) is 10.1. The summed E-state index contributed by atoms with van der Waals surface area (Å²) in [4.78, 5) is 3.82. The molecule has 2 nitrogen and oxygen atoms in total. The van der Waals surface area contributed by atoms with Gasteiger partial charge in [-0.2, -0.15) is 0 Å². The molecule has 10 heavy (non-hydrogen) atoms. The Morgan fingerprint density at radius 3 is 3.00 bits per heavy atom. The average molecular weight is 140 g/mol. The largest absolute Gasteiger partial charge is 0.348 e. The van der Waals surface area contributed by atoms with Crippen molar-refractivity contribution >= 4 is 0 Å². The van der Waals surface area contributed by atoms with Gasteiger partial charge in [0.25, 0.3) is 0 Å². The molecule has 0 atom stereocenters. The van der Waals surface area contributed by atoms with Gasteiger partial charge in [0.1, 0.15) is 6.26 Å². The van der Waals surface area contributed by atoms with Crippen LogP contribution in [0.1, 0.15) is 25.7 Å². The van der Waals surface area contributed by atoms with Crippen LogP contribution in [0.15, 0.2) is 24.0 Å². The third-order valence-electron chi connectivity index (χ3n) is 1.67. The molecular weight excluding hydrogens is 128 g/mol. The van der Waals surface area contributed by atoms with Crippen LogP contribution in [0.25, 0.3) is 0 Å². The minimum Gasteiger partial charge on any atom is -0.348 e. The SMILES string of the molecule is OO/C=C/C1=CCCCC1. The fourth-order valence-corrected chi connectivity index (χ4v) is 1.13. The molecule has 0 heterocycles. The number of hydrogen-bond acceptors (Lipinski definition) is 2. The van der Waals surface area contributed by atoms with E-state index < -0.39 is 0 Å². The van der Waals surface area contributed by atoms with Gasteiger partial charge in [-0.15, -0.1) is 0 Å². The average Bonchev–Trinajstić information content (AvgIpc) is 2.03. The van der Waals surface area contributed by atoms with E-state index in [0.717, 1.165) is 12.8 Å². The Hall–Kier alpha value is -0.760. The Bertz CT molecular complexity index is 147. The fraction of sp³-hybridized carbons (Fsp3) is 0.500. The summed E-state index contributed by atoms with van der Waals surface area (Å²) in [6.45, 7) is 0. The first-order valence-corrected chi connectivity index (χ1v) is 3.59. The van der Waals surface area contributed by atoms with Crippen molar-refractivity contribution < 1.29 is 10.1 Å². The summed E-state index contributed by atoms with van der Waals surface area (Å²) >= 11 is 0. The van der Waals surface area contributed by atoms with E-state index in [1.807, 2.05) is 0 Å². The second kappa shape index (κ2) is 4.12. The lowest BCUT2D eigenvalue weighted by Gasteiger charge is -2.06. The van der Waals surface area contributed by atoms with Gasteiger partial charge in [0.15, 0.2) is 0 Å². The van der Waals surface area contributed by atoms with Gasteiger partial charge < -0.3 is 4.89 Å². The number of rotatable bonds is 2. The van der Waals surface area contributed by atoms with Gasteiger partial charge in [0.2, 0.25) is 0 Å². The zero-order valence-electron chi connectivity index (χ0n) is 5.92. The topological polar surface area (TPSA) is 29.5 Å². The first kappa shape index (κ1) is 7.35. The summed E-state index contributed by atoms with van der Waals surface area (Å²) in [6, 6.07) is 0. The number of hydrogen-bond donors (Lipinski definition) is 1. The van der Waals surface area contributed by atoms with Gasteiger partial charge in [-0.3, -0.25) is 0 Å². The number of allylic oxidation sites excluding steroid dienone is 3. The normalized spacial score (nSPS) is 19.1. The summed E-state index contributed by atoms with van der Waals surface area (Å²) < 4.78 is 0. The van der Waals surface area contributed by atoms with Crippen molar-refractivity contribution in [2.24, 2.45) is 0 Å². The van der Waals surface area contributed by atoms with Crippen LogP contribution in [0.2, 0.25) is 0 Å². The van der Waals surface area contributed by atoms with Crippen molar-refractivity contribution in [3.05, 3.63) is 24.0 Å².